The maximum Gasteiger partial charge on any atom is 0.254 e. The Morgan fingerprint density at radius 2 is 1.70 bits per heavy atom. The van der Waals surface area contributed by atoms with Crippen LogP contribution >= 0.6 is 0 Å². The summed E-state index contributed by atoms with van der Waals surface area (Å²) < 4.78 is 35.3. The zero-order chi connectivity index (χ0) is 21.3. The van der Waals surface area contributed by atoms with Crippen LogP contribution in [0.1, 0.15) is 12.1 Å². The standard InChI is InChI=1S/C23H24N2O4S/c1-17-13-21(15-23(26)24(17)2)29-20-11-12-25(16-20)30(27,28)22-10-6-9-19(14-22)18-7-4-3-5-8-18/h3-10,13-15,20H,11-12,16H2,1-2H3. The van der Waals surface area contributed by atoms with Gasteiger partial charge in [0, 0.05) is 25.4 Å². The molecule has 1 unspecified atom stereocenters. The molecule has 1 aliphatic rings. The van der Waals surface area contributed by atoms with E-state index in [1.165, 1.54) is 14.9 Å². The fourth-order valence-electron chi connectivity index (χ4n) is 3.63. The van der Waals surface area contributed by atoms with Gasteiger partial charge in [0.2, 0.25) is 10.0 Å². The first-order valence-corrected chi connectivity index (χ1v) is 11.3. The largest absolute Gasteiger partial charge is 0.489 e. The van der Waals surface area contributed by atoms with Crippen molar-refractivity contribution in [3.8, 4) is 16.9 Å². The zero-order valence-corrected chi connectivity index (χ0v) is 17.8. The van der Waals surface area contributed by atoms with Crippen LogP contribution in [0.25, 0.3) is 11.1 Å². The fraction of sp³-hybridized carbons (Fsp3) is 0.261. The van der Waals surface area contributed by atoms with Gasteiger partial charge in [0.1, 0.15) is 11.9 Å². The SMILES string of the molecule is Cc1cc(OC2CCN(S(=O)(=O)c3cccc(-c4ccccc4)c3)C2)cc(=O)n1C. The van der Waals surface area contributed by atoms with Gasteiger partial charge in [0.25, 0.3) is 5.56 Å². The molecule has 156 valence electrons. The third-order valence-corrected chi connectivity index (χ3v) is 7.33. The maximum absolute atomic E-state index is 13.2. The molecule has 0 bridgehead atoms. The summed E-state index contributed by atoms with van der Waals surface area (Å²) in [4.78, 5) is 12.2. The van der Waals surface area contributed by atoms with Crippen LogP contribution in [-0.4, -0.2) is 36.5 Å². The van der Waals surface area contributed by atoms with Crippen molar-refractivity contribution in [1.82, 2.24) is 8.87 Å². The van der Waals surface area contributed by atoms with E-state index in [1.807, 2.05) is 43.3 Å². The number of hydrogen-bond acceptors (Lipinski definition) is 4. The van der Waals surface area contributed by atoms with E-state index in [2.05, 4.69) is 0 Å². The topological polar surface area (TPSA) is 68.6 Å². The van der Waals surface area contributed by atoms with Gasteiger partial charge in [-0.25, -0.2) is 8.42 Å². The van der Waals surface area contributed by atoms with E-state index in [0.29, 0.717) is 18.7 Å². The van der Waals surface area contributed by atoms with Crippen molar-refractivity contribution in [2.75, 3.05) is 13.1 Å². The molecule has 3 aromatic rings. The summed E-state index contributed by atoms with van der Waals surface area (Å²) in [6, 6.07) is 19.9. The fourth-order valence-corrected chi connectivity index (χ4v) is 5.16. The van der Waals surface area contributed by atoms with Crippen LogP contribution in [-0.2, 0) is 17.1 Å². The lowest BCUT2D eigenvalue weighted by molar-refractivity contribution is 0.214. The molecule has 1 fully saturated rings. The van der Waals surface area contributed by atoms with Crippen molar-refractivity contribution in [2.45, 2.75) is 24.3 Å². The highest BCUT2D eigenvalue weighted by Crippen LogP contribution is 2.27. The van der Waals surface area contributed by atoms with Crippen molar-refractivity contribution < 1.29 is 13.2 Å². The highest BCUT2D eigenvalue weighted by molar-refractivity contribution is 7.89. The quantitative estimate of drug-likeness (QED) is 0.631. The Morgan fingerprint density at radius 3 is 2.43 bits per heavy atom. The number of pyridine rings is 1. The molecule has 7 heteroatoms. The minimum atomic E-state index is -3.63. The maximum atomic E-state index is 13.2. The number of nitrogens with zero attached hydrogens (tertiary/aromatic N) is 2. The molecular weight excluding hydrogens is 400 g/mol. The highest BCUT2D eigenvalue weighted by Gasteiger charge is 2.34. The van der Waals surface area contributed by atoms with Crippen molar-refractivity contribution in [3.63, 3.8) is 0 Å². The molecular formula is C23H24N2O4S. The average molecular weight is 425 g/mol. The van der Waals surface area contributed by atoms with Gasteiger partial charge in [-0.2, -0.15) is 4.31 Å². The minimum Gasteiger partial charge on any atom is -0.489 e. The summed E-state index contributed by atoms with van der Waals surface area (Å²) in [7, 11) is -1.93. The first kappa shape index (κ1) is 20.4. The first-order chi connectivity index (χ1) is 14.3. The van der Waals surface area contributed by atoms with E-state index >= 15 is 0 Å². The molecule has 30 heavy (non-hydrogen) atoms. The van der Waals surface area contributed by atoms with E-state index in [-0.39, 0.29) is 23.1 Å². The second-order valence-electron chi connectivity index (χ2n) is 7.52. The third kappa shape index (κ3) is 4.04. The molecule has 0 saturated carbocycles. The Balaban J connectivity index is 1.52. The second-order valence-corrected chi connectivity index (χ2v) is 9.45. The molecule has 4 rings (SSSR count). The van der Waals surface area contributed by atoms with Crippen molar-refractivity contribution in [2.24, 2.45) is 7.05 Å². The predicted molar refractivity (Wildman–Crippen MR) is 116 cm³/mol. The smallest absolute Gasteiger partial charge is 0.254 e. The van der Waals surface area contributed by atoms with Crippen molar-refractivity contribution >= 4 is 10.0 Å². The monoisotopic (exact) mass is 424 g/mol. The molecule has 1 atom stereocenters. The number of aryl methyl sites for hydroxylation is 1. The van der Waals surface area contributed by atoms with E-state index in [0.717, 1.165) is 16.8 Å². The van der Waals surface area contributed by atoms with Crippen LogP contribution < -0.4 is 10.3 Å². The van der Waals surface area contributed by atoms with Crippen LogP contribution in [0.15, 0.2) is 76.4 Å². The van der Waals surface area contributed by atoms with E-state index in [9.17, 15) is 13.2 Å². The van der Waals surface area contributed by atoms with Gasteiger partial charge in [-0.3, -0.25) is 4.79 Å². The van der Waals surface area contributed by atoms with Gasteiger partial charge < -0.3 is 9.30 Å². The summed E-state index contributed by atoms with van der Waals surface area (Å²) in [5, 5.41) is 0. The van der Waals surface area contributed by atoms with Crippen LogP contribution in [0.5, 0.6) is 5.75 Å². The molecule has 0 radical (unpaired) electrons. The van der Waals surface area contributed by atoms with Crippen LogP contribution in [0, 0.1) is 6.92 Å². The van der Waals surface area contributed by atoms with Crippen molar-refractivity contribution in [3.05, 3.63) is 82.8 Å². The molecule has 6 nitrogen and oxygen atoms in total. The lowest BCUT2D eigenvalue weighted by Crippen LogP contribution is -2.31. The number of ether oxygens (including phenoxy) is 1. The van der Waals surface area contributed by atoms with E-state index in [4.69, 9.17) is 4.74 Å². The first-order valence-electron chi connectivity index (χ1n) is 9.84. The summed E-state index contributed by atoms with van der Waals surface area (Å²) >= 11 is 0. The summed E-state index contributed by atoms with van der Waals surface area (Å²) in [5.41, 5.74) is 2.47. The molecule has 0 spiro atoms. The molecule has 1 aliphatic heterocycles. The van der Waals surface area contributed by atoms with Gasteiger partial charge >= 0.3 is 0 Å². The van der Waals surface area contributed by atoms with Crippen LogP contribution in [0.4, 0.5) is 0 Å². The van der Waals surface area contributed by atoms with E-state index in [1.54, 1.807) is 31.3 Å². The number of benzene rings is 2. The molecule has 0 N–H and O–H groups in total. The molecule has 2 aromatic carbocycles. The summed E-state index contributed by atoms with van der Waals surface area (Å²) in [6.07, 6.45) is 0.287. The third-order valence-electron chi connectivity index (χ3n) is 5.47. The highest BCUT2D eigenvalue weighted by atomic mass is 32.2. The second kappa shape index (κ2) is 8.08. The number of aromatic nitrogens is 1. The summed E-state index contributed by atoms with van der Waals surface area (Å²) in [5.74, 6) is 0.478. The van der Waals surface area contributed by atoms with E-state index < -0.39 is 10.0 Å². The van der Waals surface area contributed by atoms with Gasteiger partial charge in [-0.15, -0.1) is 0 Å². The lowest BCUT2D eigenvalue weighted by atomic mass is 10.1. The molecule has 2 heterocycles. The average Bonchev–Trinajstić information content (AvgIpc) is 3.22. The van der Waals surface area contributed by atoms with Crippen LogP contribution in [0.2, 0.25) is 0 Å². The van der Waals surface area contributed by atoms with Gasteiger partial charge in [0.05, 0.1) is 11.4 Å². The predicted octanol–water partition coefficient (Wildman–Crippen LogP) is 3.20. The van der Waals surface area contributed by atoms with Gasteiger partial charge in [-0.1, -0.05) is 42.5 Å². The number of hydrogen-bond donors (Lipinski definition) is 0. The lowest BCUT2D eigenvalue weighted by Gasteiger charge is -2.18. The number of rotatable bonds is 5. The van der Waals surface area contributed by atoms with Gasteiger partial charge in [-0.05, 0) is 42.7 Å². The number of sulfonamides is 1. The molecule has 1 saturated heterocycles. The minimum absolute atomic E-state index is 0.148. The van der Waals surface area contributed by atoms with Crippen molar-refractivity contribution in [1.29, 1.82) is 0 Å². The van der Waals surface area contributed by atoms with Gasteiger partial charge in [0.15, 0.2) is 0 Å². The Morgan fingerprint density at radius 1 is 0.967 bits per heavy atom. The Kier molecular flexibility index (Phi) is 5.49. The Hall–Kier alpha value is -2.90. The Bertz CT molecular complexity index is 1220. The molecule has 0 aliphatic carbocycles. The zero-order valence-electron chi connectivity index (χ0n) is 17.0. The molecule has 1 aromatic heterocycles. The van der Waals surface area contributed by atoms with Crippen LogP contribution in [0.3, 0.4) is 0 Å². The Labute approximate surface area is 176 Å². The summed E-state index contributed by atoms with van der Waals surface area (Å²) in [6.45, 7) is 2.47. The molecule has 0 amide bonds. The normalized spacial score (nSPS) is 17.2.